The lowest BCUT2D eigenvalue weighted by molar-refractivity contribution is -0.387. The molecule has 0 aliphatic rings. The van der Waals surface area contributed by atoms with Gasteiger partial charge in [0.1, 0.15) is 0 Å². The molecule has 0 spiro atoms. The number of fused-ring (bicyclic) bond motifs is 3. The number of nitro benzene ring substituents is 1. The molecule has 0 unspecified atom stereocenters. The van der Waals surface area contributed by atoms with Crippen LogP contribution < -0.4 is 10.9 Å². The van der Waals surface area contributed by atoms with E-state index in [9.17, 15) is 24.1 Å². The van der Waals surface area contributed by atoms with Gasteiger partial charge in [0.05, 0.1) is 21.6 Å². The Balaban J connectivity index is 1.60. The molecule has 34 heavy (non-hydrogen) atoms. The predicted molar refractivity (Wildman–Crippen MR) is 127 cm³/mol. The van der Waals surface area contributed by atoms with Crippen LogP contribution in [0.25, 0.3) is 16.7 Å². The lowest BCUT2D eigenvalue weighted by Crippen LogP contribution is -2.23. The van der Waals surface area contributed by atoms with Gasteiger partial charge in [-0.3, -0.25) is 28.7 Å². The molecule has 2 aromatic heterocycles. The largest absolute Gasteiger partial charge is 0.325 e. The van der Waals surface area contributed by atoms with Gasteiger partial charge in [-0.2, -0.15) is 4.39 Å². The highest BCUT2D eigenvalue weighted by atomic mass is 32.2. The van der Waals surface area contributed by atoms with Gasteiger partial charge in [0.2, 0.25) is 17.5 Å². The van der Waals surface area contributed by atoms with Crippen molar-refractivity contribution in [2.75, 3.05) is 11.1 Å². The highest BCUT2D eigenvalue weighted by molar-refractivity contribution is 7.99. The molecule has 0 aliphatic carbocycles. The quantitative estimate of drug-likeness (QED) is 0.165. The molecule has 0 saturated heterocycles. The Bertz CT molecular complexity index is 1450. The first-order chi connectivity index (χ1) is 16.4. The fourth-order valence-corrected chi connectivity index (χ4v) is 4.35. The lowest BCUT2D eigenvalue weighted by atomic mass is 10.2. The minimum Gasteiger partial charge on any atom is -0.325 e. The van der Waals surface area contributed by atoms with Crippen molar-refractivity contribution >= 4 is 45.7 Å². The summed E-state index contributed by atoms with van der Waals surface area (Å²) in [5, 5.41) is 22.8. The number of aromatic nitrogens is 4. The zero-order valence-electron chi connectivity index (χ0n) is 18.2. The molecule has 0 fully saturated rings. The first kappa shape index (κ1) is 23.4. The molecule has 10 nitrogen and oxygen atoms in total. The zero-order chi connectivity index (χ0) is 24.2. The third-order valence-corrected chi connectivity index (χ3v) is 6.15. The van der Waals surface area contributed by atoms with Gasteiger partial charge in [-0.1, -0.05) is 43.7 Å². The lowest BCUT2D eigenvalue weighted by Gasteiger charge is -2.11. The average Bonchev–Trinajstić information content (AvgIpc) is 3.25. The Morgan fingerprint density at radius 2 is 2.00 bits per heavy atom. The molecular formula is C22H21FN6O4S. The maximum atomic E-state index is 13.5. The second kappa shape index (κ2) is 10.00. The van der Waals surface area contributed by atoms with E-state index in [1.807, 2.05) is 6.07 Å². The van der Waals surface area contributed by atoms with Crippen molar-refractivity contribution in [1.29, 1.82) is 0 Å². The third kappa shape index (κ3) is 4.62. The van der Waals surface area contributed by atoms with Crippen LogP contribution in [0.5, 0.6) is 0 Å². The van der Waals surface area contributed by atoms with Crippen molar-refractivity contribution in [3.8, 4) is 0 Å². The summed E-state index contributed by atoms with van der Waals surface area (Å²) in [7, 11) is 0. The van der Waals surface area contributed by atoms with Gasteiger partial charge in [-0.15, -0.1) is 10.2 Å². The molecule has 0 radical (unpaired) electrons. The number of carbonyl (C=O) groups is 1. The van der Waals surface area contributed by atoms with Crippen LogP contribution in [0.2, 0.25) is 0 Å². The highest BCUT2D eigenvalue weighted by Gasteiger charge is 2.19. The smallest absolute Gasteiger partial charge is 0.306 e. The summed E-state index contributed by atoms with van der Waals surface area (Å²) in [6, 6.07) is 10.3. The Kier molecular flexibility index (Phi) is 6.87. The van der Waals surface area contributed by atoms with E-state index in [-0.39, 0.29) is 17.0 Å². The van der Waals surface area contributed by atoms with E-state index in [0.717, 1.165) is 43.2 Å². The van der Waals surface area contributed by atoms with E-state index < -0.39 is 22.3 Å². The molecule has 4 aromatic rings. The molecular weight excluding hydrogens is 463 g/mol. The maximum absolute atomic E-state index is 13.5. The summed E-state index contributed by atoms with van der Waals surface area (Å²) < 4.78 is 16.9. The number of nitrogens with zero attached hydrogens (tertiary/aromatic N) is 5. The summed E-state index contributed by atoms with van der Waals surface area (Å²) in [4.78, 5) is 35.6. The van der Waals surface area contributed by atoms with Crippen LogP contribution in [0.3, 0.4) is 0 Å². The molecule has 4 rings (SSSR count). The number of carbonyl (C=O) groups excluding carboxylic acids is 1. The fourth-order valence-electron chi connectivity index (χ4n) is 3.61. The standard InChI is InChI=1S/C22H21FN6O4S/c1-2-3-6-11-27-20(31)15-7-4-5-8-17(15)28-21(27)25-26-22(28)34-13-19(30)24-14-9-10-16(23)18(12-14)29(32)33/h4-5,7-10,12H,2-3,6,11,13H2,1H3,(H,24,30). The van der Waals surface area contributed by atoms with Crippen molar-refractivity contribution in [2.45, 2.75) is 37.9 Å². The van der Waals surface area contributed by atoms with Gasteiger partial charge in [0, 0.05) is 18.3 Å². The van der Waals surface area contributed by atoms with E-state index in [0.29, 0.717) is 28.4 Å². The molecule has 0 saturated carbocycles. The van der Waals surface area contributed by atoms with Crippen molar-refractivity contribution < 1.29 is 14.1 Å². The minimum atomic E-state index is -0.982. The summed E-state index contributed by atoms with van der Waals surface area (Å²) in [5.74, 6) is -1.11. The van der Waals surface area contributed by atoms with Crippen LogP contribution in [0, 0.1) is 15.9 Å². The molecule has 1 amide bonds. The second-order valence-electron chi connectivity index (χ2n) is 7.56. The number of benzene rings is 2. The number of aryl methyl sites for hydroxylation is 1. The Morgan fingerprint density at radius 3 is 2.76 bits per heavy atom. The molecule has 2 heterocycles. The normalized spacial score (nSPS) is 11.2. The summed E-state index contributed by atoms with van der Waals surface area (Å²) in [5.41, 5.74) is -0.114. The average molecular weight is 485 g/mol. The number of nitro groups is 1. The Morgan fingerprint density at radius 1 is 1.21 bits per heavy atom. The van der Waals surface area contributed by atoms with E-state index in [1.54, 1.807) is 27.2 Å². The fraction of sp³-hybridized carbons (Fsp3) is 0.273. The van der Waals surface area contributed by atoms with Crippen LogP contribution in [0.1, 0.15) is 26.2 Å². The monoisotopic (exact) mass is 484 g/mol. The van der Waals surface area contributed by atoms with Gasteiger partial charge >= 0.3 is 5.69 Å². The van der Waals surface area contributed by atoms with Crippen LogP contribution in [-0.4, -0.2) is 35.7 Å². The molecule has 0 bridgehead atoms. The van der Waals surface area contributed by atoms with Crippen molar-refractivity contribution in [3.05, 3.63) is 68.7 Å². The van der Waals surface area contributed by atoms with Gasteiger partial charge in [0.15, 0.2) is 5.16 Å². The van der Waals surface area contributed by atoms with E-state index in [1.165, 1.54) is 6.07 Å². The van der Waals surface area contributed by atoms with Crippen LogP contribution in [-0.2, 0) is 11.3 Å². The first-order valence-corrected chi connectivity index (χ1v) is 11.6. The second-order valence-corrected chi connectivity index (χ2v) is 8.50. The molecule has 12 heteroatoms. The number of amides is 1. The van der Waals surface area contributed by atoms with Crippen LogP contribution >= 0.6 is 11.8 Å². The summed E-state index contributed by atoms with van der Waals surface area (Å²) >= 11 is 1.11. The van der Waals surface area contributed by atoms with Crippen LogP contribution in [0.15, 0.2) is 52.4 Å². The third-order valence-electron chi connectivity index (χ3n) is 5.22. The SMILES string of the molecule is CCCCCn1c(=O)c2ccccc2n2c(SCC(=O)Nc3ccc(F)c([N+](=O)[O-])c3)nnc12. The number of thioether (sulfide) groups is 1. The minimum absolute atomic E-state index is 0.0742. The van der Waals surface area contributed by atoms with E-state index >= 15 is 0 Å². The maximum Gasteiger partial charge on any atom is 0.306 e. The van der Waals surface area contributed by atoms with E-state index in [2.05, 4.69) is 22.4 Å². The van der Waals surface area contributed by atoms with Gasteiger partial charge < -0.3 is 5.32 Å². The molecule has 1 N–H and O–H groups in total. The van der Waals surface area contributed by atoms with Gasteiger partial charge in [-0.05, 0) is 30.7 Å². The van der Waals surface area contributed by atoms with Gasteiger partial charge in [-0.25, -0.2) is 0 Å². The topological polar surface area (TPSA) is 124 Å². The van der Waals surface area contributed by atoms with Gasteiger partial charge in [0.25, 0.3) is 5.56 Å². The summed E-state index contributed by atoms with van der Waals surface area (Å²) in [6.45, 7) is 2.59. The number of rotatable bonds is 9. The zero-order valence-corrected chi connectivity index (χ0v) is 19.0. The number of unbranched alkanes of at least 4 members (excludes halogenated alkanes) is 2. The number of hydrogen-bond donors (Lipinski definition) is 1. The number of para-hydroxylation sites is 1. The molecule has 0 atom stereocenters. The number of halogens is 1. The molecule has 176 valence electrons. The summed E-state index contributed by atoms with van der Waals surface area (Å²) in [6.07, 6.45) is 2.81. The first-order valence-electron chi connectivity index (χ1n) is 10.6. The highest BCUT2D eigenvalue weighted by Crippen LogP contribution is 2.24. The molecule has 2 aromatic carbocycles. The molecule has 0 aliphatic heterocycles. The number of anilines is 1. The van der Waals surface area contributed by atoms with Crippen molar-refractivity contribution in [1.82, 2.24) is 19.2 Å². The van der Waals surface area contributed by atoms with Crippen molar-refractivity contribution in [2.24, 2.45) is 0 Å². The van der Waals surface area contributed by atoms with Crippen LogP contribution in [0.4, 0.5) is 15.8 Å². The predicted octanol–water partition coefficient (Wildman–Crippen LogP) is 4.01. The Labute approximate surface area is 196 Å². The van der Waals surface area contributed by atoms with E-state index in [4.69, 9.17) is 0 Å². The Hall–Kier alpha value is -3.80. The van der Waals surface area contributed by atoms with Crippen molar-refractivity contribution in [3.63, 3.8) is 0 Å². The number of hydrogen-bond acceptors (Lipinski definition) is 7. The number of nitrogens with one attached hydrogen (secondary N) is 1.